The first-order chi connectivity index (χ1) is 20.8. The lowest BCUT2D eigenvalue weighted by Crippen LogP contribution is -2.50. The van der Waals surface area contributed by atoms with Crippen LogP contribution in [0.15, 0.2) is 84.9 Å². The predicted octanol–water partition coefficient (Wildman–Crippen LogP) is 6.34. The van der Waals surface area contributed by atoms with E-state index >= 15 is 0 Å². The van der Waals surface area contributed by atoms with E-state index in [-0.39, 0.29) is 22.5 Å². The van der Waals surface area contributed by atoms with Gasteiger partial charge < -0.3 is 15.2 Å². The molecule has 9 heteroatoms. The number of carbonyl (C=O) groups excluding carboxylic acids is 2. The molecule has 7 nitrogen and oxygen atoms in total. The van der Waals surface area contributed by atoms with Gasteiger partial charge in [-0.05, 0) is 53.8 Å². The third-order valence-corrected chi connectivity index (χ3v) is 9.46. The molecule has 4 aromatic rings. The summed E-state index contributed by atoms with van der Waals surface area (Å²) in [6, 6.07) is 27.0. The molecule has 1 aliphatic rings. The molecule has 43 heavy (non-hydrogen) atoms. The Morgan fingerprint density at radius 3 is 2.35 bits per heavy atom. The van der Waals surface area contributed by atoms with E-state index in [4.69, 9.17) is 16.3 Å². The van der Waals surface area contributed by atoms with Crippen LogP contribution in [0.25, 0.3) is 10.8 Å². The number of hydrogen-bond donors (Lipinski definition) is 2. The predicted molar refractivity (Wildman–Crippen MR) is 174 cm³/mol. The number of hydrogen-bond acceptors (Lipinski definition) is 7. The number of phenolic OH excluding ortho intramolecular Hbond substituents is 1. The standard InChI is InChI=1S/C34H36ClN3O4S/c1-23(43-33(25-7-4-3-5-8-25)26-11-13-28(35)14-12-26)38-19-17-37(18-20-38)16-15-36-34(41)30-21-27-9-6-10-32(42-24(2)39)29(27)22-31(30)40/h3-14,21-23,33,40H,15-20H2,1-2H3,(H,36,41). The molecule has 1 saturated heterocycles. The number of benzene rings is 4. The lowest BCUT2D eigenvalue weighted by atomic mass is 10.0. The minimum atomic E-state index is -0.447. The maximum absolute atomic E-state index is 12.9. The molecule has 0 aliphatic carbocycles. The number of carbonyl (C=O) groups is 2. The van der Waals surface area contributed by atoms with Crippen LogP contribution in [-0.2, 0) is 4.79 Å². The van der Waals surface area contributed by atoms with Gasteiger partial charge in [0.1, 0.15) is 11.5 Å². The van der Waals surface area contributed by atoms with E-state index < -0.39 is 5.97 Å². The van der Waals surface area contributed by atoms with Crippen LogP contribution < -0.4 is 10.1 Å². The normalized spacial score (nSPS) is 15.6. The van der Waals surface area contributed by atoms with E-state index in [1.54, 1.807) is 18.2 Å². The molecule has 1 amide bonds. The quantitative estimate of drug-likeness (QED) is 0.159. The number of amides is 1. The number of halogens is 1. The average molecular weight is 618 g/mol. The fourth-order valence-electron chi connectivity index (χ4n) is 5.38. The van der Waals surface area contributed by atoms with Crippen molar-refractivity contribution >= 4 is 46.0 Å². The summed E-state index contributed by atoms with van der Waals surface area (Å²) >= 11 is 8.12. The topological polar surface area (TPSA) is 82.1 Å². The van der Waals surface area contributed by atoms with Gasteiger partial charge in [0.15, 0.2) is 0 Å². The van der Waals surface area contributed by atoms with Gasteiger partial charge in [-0.25, -0.2) is 0 Å². The number of nitrogens with zero attached hydrogens (tertiary/aromatic N) is 2. The van der Waals surface area contributed by atoms with E-state index in [2.05, 4.69) is 58.4 Å². The summed E-state index contributed by atoms with van der Waals surface area (Å²) in [7, 11) is 0. The van der Waals surface area contributed by atoms with Crippen LogP contribution >= 0.6 is 23.4 Å². The van der Waals surface area contributed by atoms with Gasteiger partial charge in [0.05, 0.1) is 16.2 Å². The van der Waals surface area contributed by atoms with Crippen LogP contribution in [0.3, 0.4) is 0 Å². The highest BCUT2D eigenvalue weighted by Crippen LogP contribution is 2.39. The number of fused-ring (bicyclic) bond motifs is 1. The highest BCUT2D eigenvalue weighted by Gasteiger charge is 2.25. The fraction of sp³-hybridized carbons (Fsp3) is 0.294. The Bertz CT molecular complexity index is 1560. The van der Waals surface area contributed by atoms with Crippen molar-refractivity contribution in [1.29, 1.82) is 0 Å². The number of thioether (sulfide) groups is 1. The van der Waals surface area contributed by atoms with Crippen molar-refractivity contribution in [3.05, 3.63) is 107 Å². The monoisotopic (exact) mass is 617 g/mol. The summed E-state index contributed by atoms with van der Waals surface area (Å²) in [6.45, 7) is 8.52. The summed E-state index contributed by atoms with van der Waals surface area (Å²) in [6.07, 6.45) is 0. The van der Waals surface area contributed by atoms with Crippen molar-refractivity contribution in [2.75, 3.05) is 39.3 Å². The molecule has 1 fully saturated rings. The molecule has 5 rings (SSSR count). The zero-order valence-corrected chi connectivity index (χ0v) is 25.9. The molecule has 0 saturated carbocycles. The number of phenols is 1. The largest absolute Gasteiger partial charge is 0.507 e. The molecule has 2 unspecified atom stereocenters. The van der Waals surface area contributed by atoms with Gasteiger partial charge in [0.25, 0.3) is 5.91 Å². The second kappa shape index (κ2) is 14.3. The van der Waals surface area contributed by atoms with Crippen LogP contribution in [-0.4, -0.2) is 71.4 Å². The Morgan fingerprint density at radius 1 is 0.953 bits per heavy atom. The van der Waals surface area contributed by atoms with Crippen molar-refractivity contribution < 1.29 is 19.4 Å². The van der Waals surface area contributed by atoms with Gasteiger partial charge in [-0.3, -0.25) is 19.4 Å². The number of aromatic hydroxyl groups is 1. The number of nitrogens with one attached hydrogen (secondary N) is 1. The number of ether oxygens (including phenoxy) is 1. The number of piperazine rings is 1. The Morgan fingerprint density at radius 2 is 1.65 bits per heavy atom. The van der Waals surface area contributed by atoms with Crippen LogP contribution in [0.5, 0.6) is 11.5 Å². The van der Waals surface area contributed by atoms with E-state index in [0.717, 1.165) is 37.7 Å². The van der Waals surface area contributed by atoms with Gasteiger partial charge in [-0.2, -0.15) is 0 Å². The van der Waals surface area contributed by atoms with Crippen LogP contribution in [0.4, 0.5) is 0 Å². The van der Waals surface area contributed by atoms with Gasteiger partial charge in [-0.15, -0.1) is 11.8 Å². The Hall–Kier alpha value is -3.56. The summed E-state index contributed by atoms with van der Waals surface area (Å²) < 4.78 is 5.23. The first-order valence-electron chi connectivity index (χ1n) is 14.4. The van der Waals surface area contributed by atoms with Crippen molar-refractivity contribution in [3.8, 4) is 11.5 Å². The van der Waals surface area contributed by atoms with E-state index in [1.807, 2.05) is 36.0 Å². The lowest BCUT2D eigenvalue weighted by Gasteiger charge is -2.39. The summed E-state index contributed by atoms with van der Waals surface area (Å²) in [5.41, 5.74) is 2.71. The minimum absolute atomic E-state index is 0.155. The molecule has 2 N–H and O–H groups in total. The Labute approximate surface area is 261 Å². The summed E-state index contributed by atoms with van der Waals surface area (Å²) in [5.74, 6) is -0.593. The maximum atomic E-state index is 12.9. The summed E-state index contributed by atoms with van der Waals surface area (Å²) in [5, 5.41) is 16.1. The minimum Gasteiger partial charge on any atom is -0.507 e. The first-order valence-corrected chi connectivity index (χ1v) is 15.7. The van der Waals surface area contributed by atoms with Crippen LogP contribution in [0.2, 0.25) is 5.02 Å². The maximum Gasteiger partial charge on any atom is 0.308 e. The smallest absolute Gasteiger partial charge is 0.308 e. The molecular weight excluding hydrogens is 582 g/mol. The third kappa shape index (κ3) is 7.89. The van der Waals surface area contributed by atoms with Gasteiger partial charge in [0, 0.05) is 56.6 Å². The molecule has 1 aliphatic heterocycles. The SMILES string of the molecule is CC(=O)Oc1cccc2cc(C(=O)NCCN3CCN(C(C)SC(c4ccccc4)c4ccc(Cl)cc4)CC3)c(O)cc12. The highest BCUT2D eigenvalue weighted by atomic mass is 35.5. The first kappa shape index (κ1) is 30.9. The fourth-order valence-corrected chi connectivity index (χ4v) is 6.91. The Balaban J connectivity index is 1.13. The number of esters is 1. The van der Waals surface area contributed by atoms with E-state index in [1.165, 1.54) is 24.1 Å². The molecule has 0 radical (unpaired) electrons. The molecular formula is C34H36ClN3O4S. The van der Waals surface area contributed by atoms with Crippen LogP contribution in [0, 0.1) is 0 Å². The van der Waals surface area contributed by atoms with Crippen molar-refractivity contribution in [1.82, 2.24) is 15.1 Å². The zero-order valence-electron chi connectivity index (χ0n) is 24.3. The molecule has 224 valence electrons. The average Bonchev–Trinajstić information content (AvgIpc) is 3.01. The molecule has 1 heterocycles. The van der Waals surface area contributed by atoms with E-state index in [0.29, 0.717) is 28.4 Å². The molecule has 4 aromatic carbocycles. The highest BCUT2D eigenvalue weighted by molar-refractivity contribution is 8.00. The summed E-state index contributed by atoms with van der Waals surface area (Å²) in [4.78, 5) is 29.2. The molecule has 2 atom stereocenters. The van der Waals surface area contributed by atoms with Gasteiger partial charge in [0.2, 0.25) is 0 Å². The molecule has 0 bridgehead atoms. The van der Waals surface area contributed by atoms with Crippen molar-refractivity contribution in [2.45, 2.75) is 24.5 Å². The van der Waals surface area contributed by atoms with Crippen LogP contribution in [0.1, 0.15) is 40.6 Å². The Kier molecular flexibility index (Phi) is 10.3. The second-order valence-corrected chi connectivity index (χ2v) is 12.5. The van der Waals surface area contributed by atoms with Gasteiger partial charge in [-0.1, -0.05) is 66.2 Å². The second-order valence-electron chi connectivity index (χ2n) is 10.7. The van der Waals surface area contributed by atoms with Gasteiger partial charge >= 0.3 is 5.97 Å². The van der Waals surface area contributed by atoms with E-state index in [9.17, 15) is 14.7 Å². The number of rotatable bonds is 10. The third-order valence-electron chi connectivity index (χ3n) is 7.70. The lowest BCUT2D eigenvalue weighted by molar-refractivity contribution is -0.131. The van der Waals surface area contributed by atoms with Crippen molar-refractivity contribution in [2.24, 2.45) is 0 Å². The molecule has 0 spiro atoms. The van der Waals surface area contributed by atoms with Crippen molar-refractivity contribution in [3.63, 3.8) is 0 Å². The molecule has 0 aromatic heterocycles. The zero-order chi connectivity index (χ0) is 30.3.